The SMILES string of the molecule is O=C(O)c1ccc(S(=O)(=O)Nn2c(Cc3ccccc3)nc3ccc(F)cc3c2=O)cc1. The summed E-state index contributed by atoms with van der Waals surface area (Å²) in [6.45, 7) is 0. The molecule has 0 unspecified atom stereocenters. The maximum Gasteiger partial charge on any atom is 0.335 e. The third kappa shape index (κ3) is 4.21. The Morgan fingerprint density at radius 3 is 2.38 bits per heavy atom. The largest absolute Gasteiger partial charge is 0.478 e. The van der Waals surface area contributed by atoms with E-state index in [4.69, 9.17) is 5.11 Å². The molecule has 0 spiro atoms. The van der Waals surface area contributed by atoms with Crippen molar-refractivity contribution < 1.29 is 22.7 Å². The summed E-state index contributed by atoms with van der Waals surface area (Å²) < 4.78 is 40.4. The van der Waals surface area contributed by atoms with E-state index >= 15 is 0 Å². The molecule has 0 saturated carbocycles. The second-order valence-corrected chi connectivity index (χ2v) is 8.58. The number of halogens is 1. The van der Waals surface area contributed by atoms with Crippen molar-refractivity contribution in [2.24, 2.45) is 0 Å². The number of aromatic carboxylic acids is 1. The molecule has 0 saturated heterocycles. The van der Waals surface area contributed by atoms with Gasteiger partial charge in [-0.05, 0) is 48.0 Å². The third-order valence-electron chi connectivity index (χ3n) is 4.73. The van der Waals surface area contributed by atoms with Gasteiger partial charge in [-0.2, -0.15) is 13.1 Å². The van der Waals surface area contributed by atoms with E-state index in [1.807, 2.05) is 6.07 Å². The molecule has 0 aliphatic rings. The van der Waals surface area contributed by atoms with Crippen molar-refractivity contribution in [1.82, 2.24) is 9.66 Å². The predicted octanol–water partition coefficient (Wildman–Crippen LogP) is 2.76. The fraction of sp³-hybridized carbons (Fsp3) is 0.0455. The monoisotopic (exact) mass is 453 g/mol. The van der Waals surface area contributed by atoms with Gasteiger partial charge in [0.1, 0.15) is 11.6 Å². The second-order valence-electron chi connectivity index (χ2n) is 6.92. The zero-order valence-corrected chi connectivity index (χ0v) is 17.2. The van der Waals surface area contributed by atoms with Crippen LogP contribution in [0.1, 0.15) is 21.7 Å². The van der Waals surface area contributed by atoms with Gasteiger partial charge in [-0.3, -0.25) is 4.79 Å². The number of nitrogens with zero attached hydrogens (tertiary/aromatic N) is 2. The van der Waals surface area contributed by atoms with Crippen LogP contribution in [0.3, 0.4) is 0 Å². The van der Waals surface area contributed by atoms with Gasteiger partial charge in [-0.25, -0.2) is 19.0 Å². The average molecular weight is 453 g/mol. The van der Waals surface area contributed by atoms with Gasteiger partial charge in [-0.1, -0.05) is 30.3 Å². The van der Waals surface area contributed by atoms with Crippen LogP contribution in [0.25, 0.3) is 10.9 Å². The van der Waals surface area contributed by atoms with Crippen LogP contribution in [-0.4, -0.2) is 29.2 Å². The minimum absolute atomic E-state index is 0.0891. The number of carbonyl (C=O) groups is 1. The number of carboxylic acids is 1. The molecule has 1 heterocycles. The van der Waals surface area contributed by atoms with Crippen LogP contribution in [0.15, 0.2) is 82.5 Å². The summed E-state index contributed by atoms with van der Waals surface area (Å²) in [5, 5.41) is 8.91. The van der Waals surface area contributed by atoms with Crippen molar-refractivity contribution >= 4 is 26.9 Å². The van der Waals surface area contributed by atoms with Crippen molar-refractivity contribution in [3.8, 4) is 0 Å². The topological polar surface area (TPSA) is 118 Å². The summed E-state index contributed by atoms with van der Waals surface area (Å²) in [6.07, 6.45) is 0.129. The van der Waals surface area contributed by atoms with E-state index in [0.29, 0.717) is 0 Å². The van der Waals surface area contributed by atoms with Crippen molar-refractivity contribution in [3.63, 3.8) is 0 Å². The summed E-state index contributed by atoms with van der Waals surface area (Å²) in [5.41, 5.74) is 0.128. The van der Waals surface area contributed by atoms with E-state index in [1.54, 1.807) is 24.3 Å². The molecule has 0 amide bonds. The molecule has 2 N–H and O–H groups in total. The van der Waals surface area contributed by atoms with Gasteiger partial charge in [0.2, 0.25) is 0 Å². The van der Waals surface area contributed by atoms with E-state index < -0.39 is 27.4 Å². The van der Waals surface area contributed by atoms with Crippen LogP contribution < -0.4 is 10.4 Å². The van der Waals surface area contributed by atoms with E-state index in [9.17, 15) is 22.4 Å². The van der Waals surface area contributed by atoms with Gasteiger partial charge >= 0.3 is 5.97 Å². The quantitative estimate of drug-likeness (QED) is 0.464. The average Bonchev–Trinajstić information content (AvgIpc) is 2.78. The van der Waals surface area contributed by atoms with Crippen molar-refractivity contribution in [1.29, 1.82) is 0 Å². The molecule has 4 rings (SSSR count). The number of rotatable bonds is 6. The lowest BCUT2D eigenvalue weighted by Crippen LogP contribution is -2.36. The number of fused-ring (bicyclic) bond motifs is 1. The Balaban J connectivity index is 1.83. The molecule has 32 heavy (non-hydrogen) atoms. The van der Waals surface area contributed by atoms with Crippen molar-refractivity contribution in [3.05, 3.63) is 106 Å². The van der Waals surface area contributed by atoms with Gasteiger partial charge in [0, 0.05) is 6.42 Å². The van der Waals surface area contributed by atoms with Crippen molar-refractivity contribution in [2.75, 3.05) is 4.83 Å². The molecule has 3 aromatic carbocycles. The molecule has 1 aromatic heterocycles. The normalized spacial score (nSPS) is 11.4. The molecule has 4 aromatic rings. The lowest BCUT2D eigenvalue weighted by Gasteiger charge is -2.16. The Morgan fingerprint density at radius 1 is 1.03 bits per heavy atom. The smallest absolute Gasteiger partial charge is 0.335 e. The lowest BCUT2D eigenvalue weighted by atomic mass is 10.1. The van der Waals surface area contributed by atoms with E-state index in [-0.39, 0.29) is 33.6 Å². The minimum atomic E-state index is -4.29. The van der Waals surface area contributed by atoms with Crippen LogP contribution in [0.2, 0.25) is 0 Å². The number of hydrogen-bond donors (Lipinski definition) is 2. The highest BCUT2D eigenvalue weighted by molar-refractivity contribution is 7.92. The molecule has 8 nitrogen and oxygen atoms in total. The molecular formula is C22H16FN3O5S. The Hall–Kier alpha value is -4.05. The highest BCUT2D eigenvalue weighted by Crippen LogP contribution is 2.15. The highest BCUT2D eigenvalue weighted by atomic mass is 32.2. The van der Waals surface area contributed by atoms with Crippen LogP contribution in [0.5, 0.6) is 0 Å². The van der Waals surface area contributed by atoms with Gasteiger partial charge in [0.15, 0.2) is 0 Å². The molecule has 0 radical (unpaired) electrons. The van der Waals surface area contributed by atoms with E-state index in [0.717, 1.165) is 40.6 Å². The van der Waals surface area contributed by atoms with Crippen molar-refractivity contribution in [2.45, 2.75) is 11.3 Å². The summed E-state index contributed by atoms with van der Waals surface area (Å²) in [5.74, 6) is -1.76. The lowest BCUT2D eigenvalue weighted by molar-refractivity contribution is 0.0696. The summed E-state index contributed by atoms with van der Waals surface area (Å²) in [6, 6.07) is 17.0. The molecular weight excluding hydrogens is 437 g/mol. The Bertz CT molecular complexity index is 1480. The molecule has 162 valence electrons. The maximum absolute atomic E-state index is 13.7. The van der Waals surface area contributed by atoms with Crippen LogP contribution >= 0.6 is 0 Å². The molecule has 0 aliphatic heterocycles. The van der Waals surface area contributed by atoms with Gasteiger partial charge in [-0.15, -0.1) is 0 Å². The molecule has 10 heteroatoms. The molecule has 0 bridgehead atoms. The Kier molecular flexibility index (Phi) is 5.45. The maximum atomic E-state index is 13.7. The molecule has 0 atom stereocenters. The fourth-order valence-electron chi connectivity index (χ4n) is 3.14. The predicted molar refractivity (Wildman–Crippen MR) is 115 cm³/mol. The van der Waals surface area contributed by atoms with Gasteiger partial charge in [0.05, 0.1) is 21.4 Å². The van der Waals surface area contributed by atoms with Crippen LogP contribution in [-0.2, 0) is 16.4 Å². The summed E-state index contributed by atoms with van der Waals surface area (Å²) >= 11 is 0. The van der Waals surface area contributed by atoms with Gasteiger partial charge < -0.3 is 5.11 Å². The number of carboxylic acid groups (broad SMARTS) is 1. The number of hydrogen-bond acceptors (Lipinski definition) is 5. The first kappa shape index (κ1) is 21.2. The number of nitrogens with one attached hydrogen (secondary N) is 1. The van der Waals surface area contributed by atoms with Crippen LogP contribution in [0, 0.1) is 5.82 Å². The minimum Gasteiger partial charge on any atom is -0.478 e. The standard InChI is InChI=1S/C22H16FN3O5S/c23-16-8-11-19-18(13-16)21(27)26(20(24-19)12-14-4-2-1-3-5-14)25-32(30,31)17-9-6-15(7-10-17)22(28)29/h1-11,13,25H,12H2,(H,28,29). The Labute approximate surface area is 181 Å². The van der Waals surface area contributed by atoms with Gasteiger partial charge in [0.25, 0.3) is 15.6 Å². The molecule has 0 aliphatic carbocycles. The zero-order chi connectivity index (χ0) is 22.9. The second kappa shape index (κ2) is 8.23. The highest BCUT2D eigenvalue weighted by Gasteiger charge is 2.20. The summed E-state index contributed by atoms with van der Waals surface area (Å²) in [4.78, 5) is 30.4. The first-order valence-corrected chi connectivity index (χ1v) is 10.8. The number of benzene rings is 3. The Morgan fingerprint density at radius 2 is 1.72 bits per heavy atom. The zero-order valence-electron chi connectivity index (χ0n) is 16.4. The first-order valence-electron chi connectivity index (χ1n) is 9.36. The van der Waals surface area contributed by atoms with E-state index in [1.165, 1.54) is 12.1 Å². The van der Waals surface area contributed by atoms with Crippen LogP contribution in [0.4, 0.5) is 4.39 Å². The summed E-state index contributed by atoms with van der Waals surface area (Å²) in [7, 11) is -4.29. The number of sulfonamides is 1. The number of aromatic nitrogens is 2. The van der Waals surface area contributed by atoms with E-state index in [2.05, 4.69) is 9.82 Å². The first-order chi connectivity index (χ1) is 15.2. The molecule has 0 fully saturated rings. The third-order valence-corrected chi connectivity index (χ3v) is 6.04. The fourth-order valence-corrected chi connectivity index (χ4v) is 4.17.